The van der Waals surface area contributed by atoms with Crippen molar-refractivity contribution in [3.05, 3.63) is 35.4 Å². The van der Waals surface area contributed by atoms with Crippen molar-refractivity contribution in [2.45, 2.75) is 64.0 Å². The third-order valence-corrected chi connectivity index (χ3v) is 4.99. The minimum atomic E-state index is 0.146. The molecule has 1 saturated carbocycles. The number of amides is 2. The van der Waals surface area contributed by atoms with Gasteiger partial charge in [-0.25, -0.2) is 4.79 Å². The van der Waals surface area contributed by atoms with Crippen molar-refractivity contribution >= 4 is 6.03 Å². The number of benzene rings is 1. The zero-order chi connectivity index (χ0) is 14.7. The highest BCUT2D eigenvalue weighted by Crippen LogP contribution is 2.33. The van der Waals surface area contributed by atoms with E-state index in [2.05, 4.69) is 41.4 Å². The molecule has 0 radical (unpaired) electrons. The van der Waals surface area contributed by atoms with Crippen LogP contribution in [-0.4, -0.2) is 23.5 Å². The summed E-state index contributed by atoms with van der Waals surface area (Å²) in [6, 6.07) is 9.27. The standard InChI is InChI=1S/C18H26N2O/c1-14-8-5-6-11-16(14)17-12-7-13-20(17)18(21)19-15-9-3-2-4-10-15/h5-6,8,11,15,17H,2-4,7,9-10,12-13H2,1H3,(H,19,21)/t17-/m1/s1. The summed E-state index contributed by atoms with van der Waals surface area (Å²) in [6.07, 6.45) is 8.32. The smallest absolute Gasteiger partial charge is 0.318 e. The molecular weight excluding hydrogens is 260 g/mol. The van der Waals surface area contributed by atoms with Gasteiger partial charge in [0, 0.05) is 12.6 Å². The predicted octanol–water partition coefficient (Wildman–Crippen LogP) is 4.17. The second-order valence-electron chi connectivity index (χ2n) is 6.49. The van der Waals surface area contributed by atoms with E-state index < -0.39 is 0 Å². The Morgan fingerprint density at radius 2 is 1.86 bits per heavy atom. The molecule has 0 bridgehead atoms. The summed E-state index contributed by atoms with van der Waals surface area (Å²) in [7, 11) is 0. The largest absolute Gasteiger partial charge is 0.335 e. The van der Waals surface area contributed by atoms with Crippen molar-refractivity contribution in [2.75, 3.05) is 6.54 Å². The number of aryl methyl sites for hydroxylation is 1. The summed E-state index contributed by atoms with van der Waals surface area (Å²) in [6.45, 7) is 3.03. The summed E-state index contributed by atoms with van der Waals surface area (Å²) in [5.41, 5.74) is 2.61. The summed E-state index contributed by atoms with van der Waals surface area (Å²) in [5, 5.41) is 3.27. The molecule has 2 aliphatic rings. The summed E-state index contributed by atoms with van der Waals surface area (Å²) in [4.78, 5) is 14.7. The normalized spacial score (nSPS) is 23.3. The lowest BCUT2D eigenvalue weighted by molar-refractivity contribution is 0.185. The van der Waals surface area contributed by atoms with Crippen LogP contribution in [0.25, 0.3) is 0 Å². The number of hydrogen-bond donors (Lipinski definition) is 1. The van der Waals surface area contributed by atoms with Crippen LogP contribution in [0.3, 0.4) is 0 Å². The highest BCUT2D eigenvalue weighted by molar-refractivity contribution is 5.75. The van der Waals surface area contributed by atoms with Gasteiger partial charge in [-0.15, -0.1) is 0 Å². The van der Waals surface area contributed by atoms with Crippen LogP contribution in [-0.2, 0) is 0 Å². The van der Waals surface area contributed by atoms with Crippen LogP contribution >= 0.6 is 0 Å². The van der Waals surface area contributed by atoms with Gasteiger partial charge in [0.2, 0.25) is 0 Å². The summed E-state index contributed by atoms with van der Waals surface area (Å²) in [5.74, 6) is 0. The number of carbonyl (C=O) groups excluding carboxylic acids is 1. The Morgan fingerprint density at radius 1 is 1.10 bits per heavy atom. The first-order chi connectivity index (χ1) is 10.3. The van der Waals surface area contributed by atoms with Gasteiger partial charge in [-0.2, -0.15) is 0 Å². The van der Waals surface area contributed by atoms with Crippen LogP contribution in [0.4, 0.5) is 4.79 Å². The fraction of sp³-hybridized carbons (Fsp3) is 0.611. The average Bonchev–Trinajstić information content (AvgIpc) is 2.98. The Kier molecular flexibility index (Phi) is 4.47. The number of urea groups is 1. The SMILES string of the molecule is Cc1ccccc1[C@H]1CCCN1C(=O)NC1CCCCC1. The molecular formula is C18H26N2O. The van der Waals surface area contributed by atoms with E-state index in [4.69, 9.17) is 0 Å². The molecule has 3 nitrogen and oxygen atoms in total. The lowest BCUT2D eigenvalue weighted by atomic mass is 9.95. The van der Waals surface area contributed by atoms with Gasteiger partial charge in [0.15, 0.2) is 0 Å². The van der Waals surface area contributed by atoms with E-state index in [1.807, 2.05) is 0 Å². The first-order valence-corrected chi connectivity index (χ1v) is 8.38. The van der Waals surface area contributed by atoms with E-state index in [9.17, 15) is 4.79 Å². The molecule has 1 heterocycles. The Bertz CT molecular complexity index is 494. The third-order valence-electron chi connectivity index (χ3n) is 4.99. The second-order valence-corrected chi connectivity index (χ2v) is 6.49. The van der Waals surface area contributed by atoms with Gasteiger partial charge in [-0.3, -0.25) is 0 Å². The maximum Gasteiger partial charge on any atom is 0.318 e. The van der Waals surface area contributed by atoms with Crippen LogP contribution in [0.2, 0.25) is 0 Å². The molecule has 0 aromatic heterocycles. The van der Waals surface area contributed by atoms with E-state index in [1.165, 1.54) is 30.4 Å². The molecule has 2 fully saturated rings. The Hall–Kier alpha value is -1.51. The average molecular weight is 286 g/mol. The van der Waals surface area contributed by atoms with Crippen LogP contribution in [0.1, 0.15) is 62.1 Å². The van der Waals surface area contributed by atoms with Crippen molar-refractivity contribution in [2.24, 2.45) is 0 Å². The van der Waals surface area contributed by atoms with Gasteiger partial charge < -0.3 is 10.2 Å². The third kappa shape index (κ3) is 3.22. The van der Waals surface area contributed by atoms with Gasteiger partial charge in [-0.05, 0) is 43.7 Å². The number of hydrogen-bond acceptors (Lipinski definition) is 1. The summed E-state index contributed by atoms with van der Waals surface area (Å²) < 4.78 is 0. The highest BCUT2D eigenvalue weighted by atomic mass is 16.2. The molecule has 1 aliphatic carbocycles. The number of nitrogens with one attached hydrogen (secondary N) is 1. The molecule has 3 rings (SSSR count). The first kappa shape index (κ1) is 14.4. The van der Waals surface area contributed by atoms with Crippen LogP contribution in [0.5, 0.6) is 0 Å². The van der Waals surface area contributed by atoms with Crippen molar-refractivity contribution < 1.29 is 4.79 Å². The maximum absolute atomic E-state index is 12.6. The topological polar surface area (TPSA) is 32.3 Å². The molecule has 114 valence electrons. The van der Waals surface area contributed by atoms with Gasteiger partial charge >= 0.3 is 6.03 Å². The molecule has 1 atom stereocenters. The van der Waals surface area contributed by atoms with Crippen molar-refractivity contribution in [3.8, 4) is 0 Å². The predicted molar refractivity (Wildman–Crippen MR) is 85.3 cm³/mol. The first-order valence-electron chi connectivity index (χ1n) is 8.38. The molecule has 1 saturated heterocycles. The molecule has 3 heteroatoms. The number of likely N-dealkylation sites (tertiary alicyclic amines) is 1. The zero-order valence-electron chi connectivity index (χ0n) is 13.0. The maximum atomic E-state index is 12.6. The minimum absolute atomic E-state index is 0.146. The van der Waals surface area contributed by atoms with E-state index in [1.54, 1.807) is 0 Å². The van der Waals surface area contributed by atoms with E-state index in [-0.39, 0.29) is 12.1 Å². The zero-order valence-corrected chi connectivity index (χ0v) is 13.0. The Morgan fingerprint density at radius 3 is 2.62 bits per heavy atom. The number of rotatable bonds is 2. The molecule has 21 heavy (non-hydrogen) atoms. The number of carbonyl (C=O) groups is 1. The van der Waals surface area contributed by atoms with Gasteiger partial charge in [-0.1, -0.05) is 43.5 Å². The van der Waals surface area contributed by atoms with Gasteiger partial charge in [0.05, 0.1) is 6.04 Å². The second kappa shape index (κ2) is 6.50. The van der Waals surface area contributed by atoms with Crippen LogP contribution in [0, 0.1) is 6.92 Å². The monoisotopic (exact) mass is 286 g/mol. The molecule has 1 aromatic carbocycles. The molecule has 1 aromatic rings. The van der Waals surface area contributed by atoms with Crippen molar-refractivity contribution in [3.63, 3.8) is 0 Å². The van der Waals surface area contributed by atoms with Crippen LogP contribution in [0.15, 0.2) is 24.3 Å². The van der Waals surface area contributed by atoms with Gasteiger partial charge in [0.1, 0.15) is 0 Å². The lowest BCUT2D eigenvalue weighted by Crippen LogP contribution is -2.45. The summed E-state index contributed by atoms with van der Waals surface area (Å²) >= 11 is 0. The van der Waals surface area contributed by atoms with E-state index >= 15 is 0 Å². The van der Waals surface area contributed by atoms with E-state index in [0.717, 1.165) is 32.2 Å². The van der Waals surface area contributed by atoms with Crippen molar-refractivity contribution in [1.29, 1.82) is 0 Å². The molecule has 1 N–H and O–H groups in total. The Labute approximate surface area is 127 Å². The number of nitrogens with zero attached hydrogens (tertiary/aromatic N) is 1. The quantitative estimate of drug-likeness (QED) is 0.869. The molecule has 1 aliphatic heterocycles. The highest BCUT2D eigenvalue weighted by Gasteiger charge is 2.31. The minimum Gasteiger partial charge on any atom is -0.335 e. The molecule has 0 unspecified atom stereocenters. The van der Waals surface area contributed by atoms with Gasteiger partial charge in [0.25, 0.3) is 0 Å². The van der Waals surface area contributed by atoms with Crippen LogP contribution < -0.4 is 5.32 Å². The Balaban J connectivity index is 1.68. The van der Waals surface area contributed by atoms with Crippen molar-refractivity contribution in [1.82, 2.24) is 10.2 Å². The fourth-order valence-electron chi connectivity index (χ4n) is 3.80. The lowest BCUT2D eigenvalue weighted by Gasteiger charge is -2.30. The molecule has 2 amide bonds. The van der Waals surface area contributed by atoms with E-state index in [0.29, 0.717) is 6.04 Å². The molecule has 0 spiro atoms. The fourth-order valence-corrected chi connectivity index (χ4v) is 3.80.